The molecule has 96 valence electrons. The van der Waals surface area contributed by atoms with E-state index in [2.05, 4.69) is 20.4 Å². The number of nitrogen functional groups attached to an aromatic ring is 1. The highest BCUT2D eigenvalue weighted by Crippen LogP contribution is 2.26. The van der Waals surface area contributed by atoms with Crippen LogP contribution in [0, 0.1) is 0 Å². The third kappa shape index (κ3) is 2.50. The normalized spacial score (nSPS) is 10.3. The highest BCUT2D eigenvalue weighted by Gasteiger charge is 2.09. The van der Waals surface area contributed by atoms with Gasteiger partial charge in [-0.25, -0.2) is 4.98 Å². The number of hydrogen-bond acceptors (Lipinski definition) is 6. The third-order valence-electron chi connectivity index (χ3n) is 2.34. The van der Waals surface area contributed by atoms with Crippen molar-refractivity contribution in [1.29, 1.82) is 0 Å². The summed E-state index contributed by atoms with van der Waals surface area (Å²) < 4.78 is 7.11. The first-order valence-corrected chi connectivity index (χ1v) is 5.78. The maximum absolute atomic E-state index is 5.91. The first-order valence-electron chi connectivity index (χ1n) is 5.78. The Balaban J connectivity index is 2.20. The maximum Gasteiger partial charge on any atom is 0.242 e. The fraction of sp³-hybridized carbons (Fsp3) is 0.364. The van der Waals surface area contributed by atoms with Crippen LogP contribution in [0.2, 0.25) is 0 Å². The molecule has 0 aliphatic heterocycles. The minimum atomic E-state index is 0.380. The van der Waals surface area contributed by atoms with E-state index >= 15 is 0 Å². The number of aryl methyl sites for hydroxylation is 1. The van der Waals surface area contributed by atoms with Crippen molar-refractivity contribution in [2.75, 3.05) is 17.7 Å². The zero-order valence-electron chi connectivity index (χ0n) is 10.4. The van der Waals surface area contributed by atoms with Crippen LogP contribution in [0.5, 0.6) is 5.88 Å². The average Bonchev–Trinajstić information content (AvgIpc) is 2.82. The molecule has 0 spiro atoms. The van der Waals surface area contributed by atoms with Crippen molar-refractivity contribution in [2.24, 2.45) is 0 Å². The SMILES string of the molecule is CCOc1ncnc(Nc2ccn(CC)n2)c1N. The van der Waals surface area contributed by atoms with Crippen LogP contribution in [0.3, 0.4) is 0 Å². The molecule has 2 aromatic rings. The second-order valence-electron chi connectivity index (χ2n) is 3.56. The first kappa shape index (κ1) is 12.2. The van der Waals surface area contributed by atoms with Gasteiger partial charge in [-0.05, 0) is 13.8 Å². The summed E-state index contributed by atoms with van der Waals surface area (Å²) in [6.45, 7) is 5.21. The molecule has 0 aliphatic rings. The van der Waals surface area contributed by atoms with Crippen LogP contribution in [0.15, 0.2) is 18.6 Å². The number of aromatic nitrogens is 4. The van der Waals surface area contributed by atoms with Gasteiger partial charge in [0.25, 0.3) is 0 Å². The quantitative estimate of drug-likeness (QED) is 0.831. The number of nitrogens with one attached hydrogen (secondary N) is 1. The molecule has 7 nitrogen and oxygen atoms in total. The number of hydrogen-bond donors (Lipinski definition) is 2. The fourth-order valence-electron chi connectivity index (χ4n) is 1.46. The Morgan fingerprint density at radius 2 is 2.22 bits per heavy atom. The van der Waals surface area contributed by atoms with Gasteiger partial charge in [-0.2, -0.15) is 10.1 Å². The first-order chi connectivity index (χ1) is 8.74. The van der Waals surface area contributed by atoms with Crippen molar-refractivity contribution in [1.82, 2.24) is 19.7 Å². The molecule has 0 aromatic carbocycles. The van der Waals surface area contributed by atoms with Crippen molar-refractivity contribution >= 4 is 17.3 Å². The molecule has 3 N–H and O–H groups in total. The van der Waals surface area contributed by atoms with E-state index in [9.17, 15) is 0 Å². The van der Waals surface area contributed by atoms with E-state index in [4.69, 9.17) is 10.5 Å². The molecule has 7 heteroatoms. The minimum Gasteiger partial charge on any atom is -0.476 e. The fourth-order valence-corrected chi connectivity index (χ4v) is 1.46. The molecule has 0 bridgehead atoms. The Morgan fingerprint density at radius 3 is 2.89 bits per heavy atom. The Morgan fingerprint density at radius 1 is 1.39 bits per heavy atom. The topological polar surface area (TPSA) is 90.9 Å². The zero-order valence-corrected chi connectivity index (χ0v) is 10.4. The van der Waals surface area contributed by atoms with E-state index in [-0.39, 0.29) is 0 Å². The van der Waals surface area contributed by atoms with Crippen LogP contribution in [-0.2, 0) is 6.54 Å². The van der Waals surface area contributed by atoms with Crippen LogP contribution in [0.4, 0.5) is 17.3 Å². The van der Waals surface area contributed by atoms with E-state index in [1.807, 2.05) is 30.8 Å². The van der Waals surface area contributed by atoms with E-state index in [1.54, 1.807) is 0 Å². The predicted molar refractivity (Wildman–Crippen MR) is 68.8 cm³/mol. The molecule has 0 unspecified atom stereocenters. The lowest BCUT2D eigenvalue weighted by Crippen LogP contribution is -2.05. The molecular weight excluding hydrogens is 232 g/mol. The van der Waals surface area contributed by atoms with Crippen molar-refractivity contribution < 1.29 is 4.74 Å². The molecule has 2 aromatic heterocycles. The van der Waals surface area contributed by atoms with E-state index in [0.717, 1.165) is 6.54 Å². The molecule has 0 saturated heterocycles. The highest BCUT2D eigenvalue weighted by molar-refractivity contribution is 5.70. The summed E-state index contributed by atoms with van der Waals surface area (Å²) in [5.41, 5.74) is 6.29. The monoisotopic (exact) mass is 248 g/mol. The molecule has 0 amide bonds. The summed E-state index contributed by atoms with van der Waals surface area (Å²) in [4.78, 5) is 8.04. The predicted octanol–water partition coefficient (Wildman–Crippen LogP) is 1.42. The van der Waals surface area contributed by atoms with Gasteiger partial charge in [-0.1, -0.05) is 0 Å². The summed E-state index contributed by atoms with van der Waals surface area (Å²) in [5.74, 6) is 1.56. The molecule has 0 fully saturated rings. The summed E-state index contributed by atoms with van der Waals surface area (Å²) in [6, 6.07) is 1.85. The van der Waals surface area contributed by atoms with Crippen LogP contribution in [0.25, 0.3) is 0 Å². The second kappa shape index (κ2) is 5.35. The van der Waals surface area contributed by atoms with Gasteiger partial charge in [0.15, 0.2) is 11.6 Å². The van der Waals surface area contributed by atoms with Gasteiger partial charge in [0, 0.05) is 18.8 Å². The van der Waals surface area contributed by atoms with Gasteiger partial charge >= 0.3 is 0 Å². The van der Waals surface area contributed by atoms with Crippen molar-refractivity contribution in [3.63, 3.8) is 0 Å². The van der Waals surface area contributed by atoms with E-state index < -0.39 is 0 Å². The molecule has 2 rings (SSSR count). The van der Waals surface area contributed by atoms with Gasteiger partial charge in [-0.15, -0.1) is 0 Å². The number of nitrogens with zero attached hydrogens (tertiary/aromatic N) is 4. The number of rotatable bonds is 5. The summed E-state index contributed by atoms with van der Waals surface area (Å²) >= 11 is 0. The Bertz CT molecular complexity index is 524. The lowest BCUT2D eigenvalue weighted by Gasteiger charge is -2.09. The van der Waals surface area contributed by atoms with Crippen LogP contribution < -0.4 is 15.8 Å². The van der Waals surface area contributed by atoms with Gasteiger partial charge in [0.05, 0.1) is 6.61 Å². The Hall–Kier alpha value is -2.31. The standard InChI is InChI=1S/C11H16N6O/c1-3-17-6-5-8(16-17)15-10-9(12)11(18-4-2)14-7-13-10/h5-7H,3-4,12H2,1-2H3,(H,13,14,15,16). The van der Waals surface area contributed by atoms with Crippen molar-refractivity contribution in [2.45, 2.75) is 20.4 Å². The smallest absolute Gasteiger partial charge is 0.242 e. The van der Waals surface area contributed by atoms with Crippen LogP contribution >= 0.6 is 0 Å². The average molecular weight is 248 g/mol. The second-order valence-corrected chi connectivity index (χ2v) is 3.56. The molecular formula is C11H16N6O. The molecule has 0 atom stereocenters. The summed E-state index contributed by atoms with van der Waals surface area (Å²) in [6.07, 6.45) is 3.28. The largest absolute Gasteiger partial charge is 0.476 e. The van der Waals surface area contributed by atoms with Crippen LogP contribution in [-0.4, -0.2) is 26.4 Å². The van der Waals surface area contributed by atoms with E-state index in [0.29, 0.717) is 29.8 Å². The van der Waals surface area contributed by atoms with Crippen molar-refractivity contribution in [3.05, 3.63) is 18.6 Å². The Labute approximate surface area is 105 Å². The maximum atomic E-state index is 5.91. The molecule has 2 heterocycles. The molecule has 0 radical (unpaired) electrons. The third-order valence-corrected chi connectivity index (χ3v) is 2.34. The van der Waals surface area contributed by atoms with E-state index in [1.165, 1.54) is 6.33 Å². The van der Waals surface area contributed by atoms with Gasteiger partial charge < -0.3 is 15.8 Å². The zero-order chi connectivity index (χ0) is 13.0. The van der Waals surface area contributed by atoms with Gasteiger partial charge in [-0.3, -0.25) is 4.68 Å². The van der Waals surface area contributed by atoms with Gasteiger partial charge in [0.2, 0.25) is 5.88 Å². The van der Waals surface area contributed by atoms with Crippen molar-refractivity contribution in [3.8, 4) is 5.88 Å². The number of nitrogens with two attached hydrogens (primary N) is 1. The molecule has 0 aliphatic carbocycles. The summed E-state index contributed by atoms with van der Waals surface area (Å²) in [5, 5.41) is 7.33. The minimum absolute atomic E-state index is 0.380. The molecule has 18 heavy (non-hydrogen) atoms. The number of ether oxygens (including phenoxy) is 1. The lowest BCUT2D eigenvalue weighted by atomic mass is 10.4. The number of anilines is 3. The summed E-state index contributed by atoms with van der Waals surface area (Å²) in [7, 11) is 0. The highest BCUT2D eigenvalue weighted by atomic mass is 16.5. The lowest BCUT2D eigenvalue weighted by molar-refractivity contribution is 0.328. The molecule has 0 saturated carbocycles. The Kier molecular flexibility index (Phi) is 3.61. The van der Waals surface area contributed by atoms with Crippen LogP contribution in [0.1, 0.15) is 13.8 Å². The van der Waals surface area contributed by atoms with Gasteiger partial charge in [0.1, 0.15) is 12.0 Å².